The predicted octanol–water partition coefficient (Wildman–Crippen LogP) is 0.257. The first-order valence-electron chi connectivity index (χ1n) is 6.35. The third kappa shape index (κ3) is 4.59. The number of carbonyl (C=O) groups excluding carboxylic acids is 1. The Morgan fingerprint density at radius 1 is 1.35 bits per heavy atom. The largest absolute Gasteiger partial charge is 0.353 e. The van der Waals surface area contributed by atoms with Crippen LogP contribution in [0.25, 0.3) is 0 Å². The molecule has 1 aromatic rings. The highest BCUT2D eigenvalue weighted by Crippen LogP contribution is 2.16. The quantitative estimate of drug-likeness (QED) is 0.701. The molecule has 20 heavy (non-hydrogen) atoms. The minimum absolute atomic E-state index is 0.0300. The smallest absolute Gasteiger partial charge is 0.241 e. The van der Waals surface area contributed by atoms with Crippen molar-refractivity contribution in [1.82, 2.24) is 10.0 Å². The van der Waals surface area contributed by atoms with Gasteiger partial charge in [0.05, 0.1) is 11.4 Å². The van der Waals surface area contributed by atoms with Crippen molar-refractivity contribution in [2.45, 2.75) is 38.3 Å². The topological polar surface area (TPSA) is 101 Å². The van der Waals surface area contributed by atoms with Crippen LogP contribution in [0.1, 0.15) is 25.0 Å². The van der Waals surface area contributed by atoms with Crippen LogP contribution in [-0.4, -0.2) is 26.9 Å². The standard InChI is InChI=1S/C13H21N3O3S/c1-9(2)16-13(17)8-15-20(18,19)12-5-4-11(7-14)6-10(12)3/h4-6,9,15H,7-8,14H2,1-3H3,(H,16,17). The highest BCUT2D eigenvalue weighted by Gasteiger charge is 2.18. The average Bonchev–Trinajstić information content (AvgIpc) is 2.35. The first kappa shape index (κ1) is 16.6. The summed E-state index contributed by atoms with van der Waals surface area (Å²) in [6.45, 7) is 5.38. The molecule has 0 fully saturated rings. The summed E-state index contributed by atoms with van der Waals surface area (Å²) in [6.07, 6.45) is 0. The molecule has 0 aliphatic heterocycles. The molecule has 0 bridgehead atoms. The van der Waals surface area contributed by atoms with E-state index in [1.165, 1.54) is 6.07 Å². The summed E-state index contributed by atoms with van der Waals surface area (Å²) in [6, 6.07) is 4.86. The second kappa shape index (κ2) is 6.83. The minimum Gasteiger partial charge on any atom is -0.353 e. The zero-order valence-electron chi connectivity index (χ0n) is 11.9. The van der Waals surface area contributed by atoms with Crippen molar-refractivity contribution in [3.8, 4) is 0 Å². The Morgan fingerprint density at radius 3 is 2.50 bits per heavy atom. The van der Waals surface area contributed by atoms with Gasteiger partial charge < -0.3 is 11.1 Å². The summed E-state index contributed by atoms with van der Waals surface area (Å²) in [5, 5.41) is 2.62. The van der Waals surface area contributed by atoms with Crippen LogP contribution in [0.4, 0.5) is 0 Å². The number of hydrogen-bond donors (Lipinski definition) is 3. The number of aryl methyl sites for hydroxylation is 1. The molecule has 4 N–H and O–H groups in total. The summed E-state index contributed by atoms with van der Waals surface area (Å²) in [5.41, 5.74) is 6.97. The summed E-state index contributed by atoms with van der Waals surface area (Å²) < 4.78 is 26.5. The van der Waals surface area contributed by atoms with E-state index in [1.807, 2.05) is 13.8 Å². The highest BCUT2D eigenvalue weighted by atomic mass is 32.2. The van der Waals surface area contributed by atoms with Crippen molar-refractivity contribution in [3.05, 3.63) is 29.3 Å². The molecule has 0 radical (unpaired) electrons. The lowest BCUT2D eigenvalue weighted by Crippen LogP contribution is -2.39. The lowest BCUT2D eigenvalue weighted by Gasteiger charge is -2.12. The van der Waals surface area contributed by atoms with E-state index in [-0.39, 0.29) is 23.4 Å². The van der Waals surface area contributed by atoms with E-state index in [0.29, 0.717) is 12.1 Å². The Balaban J connectivity index is 2.81. The van der Waals surface area contributed by atoms with Gasteiger partial charge in [0, 0.05) is 12.6 Å². The molecule has 1 rings (SSSR count). The van der Waals surface area contributed by atoms with Crippen molar-refractivity contribution in [2.24, 2.45) is 5.73 Å². The maximum absolute atomic E-state index is 12.1. The molecule has 0 saturated heterocycles. The number of amides is 1. The number of carbonyl (C=O) groups is 1. The van der Waals surface area contributed by atoms with Gasteiger partial charge in [-0.25, -0.2) is 13.1 Å². The molecule has 0 atom stereocenters. The first-order valence-corrected chi connectivity index (χ1v) is 7.83. The van der Waals surface area contributed by atoms with E-state index in [9.17, 15) is 13.2 Å². The Morgan fingerprint density at radius 2 is 2.00 bits per heavy atom. The van der Waals surface area contributed by atoms with Gasteiger partial charge >= 0.3 is 0 Å². The van der Waals surface area contributed by atoms with E-state index >= 15 is 0 Å². The number of nitrogens with one attached hydrogen (secondary N) is 2. The molecule has 0 aliphatic rings. The Hall–Kier alpha value is -1.44. The van der Waals surface area contributed by atoms with Gasteiger partial charge in [-0.1, -0.05) is 12.1 Å². The van der Waals surface area contributed by atoms with Gasteiger partial charge in [0.15, 0.2) is 0 Å². The van der Waals surface area contributed by atoms with E-state index in [0.717, 1.165) is 5.56 Å². The van der Waals surface area contributed by atoms with Crippen LogP contribution in [0.3, 0.4) is 0 Å². The molecule has 0 spiro atoms. The second-order valence-electron chi connectivity index (χ2n) is 4.85. The average molecular weight is 299 g/mol. The molecule has 112 valence electrons. The molecule has 0 aliphatic carbocycles. The molecular weight excluding hydrogens is 278 g/mol. The van der Waals surface area contributed by atoms with Crippen LogP contribution < -0.4 is 15.8 Å². The summed E-state index contributed by atoms with van der Waals surface area (Å²) in [4.78, 5) is 11.6. The maximum atomic E-state index is 12.1. The van der Waals surface area contributed by atoms with Gasteiger partial charge in [-0.3, -0.25) is 4.79 Å². The number of nitrogens with two attached hydrogens (primary N) is 1. The summed E-state index contributed by atoms with van der Waals surface area (Å²) in [7, 11) is -3.70. The van der Waals surface area contributed by atoms with Gasteiger partial charge in [0.2, 0.25) is 15.9 Å². The van der Waals surface area contributed by atoms with Crippen LogP contribution in [0.15, 0.2) is 23.1 Å². The van der Waals surface area contributed by atoms with Crippen molar-refractivity contribution in [1.29, 1.82) is 0 Å². The van der Waals surface area contributed by atoms with Crippen LogP contribution >= 0.6 is 0 Å². The maximum Gasteiger partial charge on any atom is 0.241 e. The fourth-order valence-electron chi connectivity index (χ4n) is 1.75. The fourth-order valence-corrected chi connectivity index (χ4v) is 2.96. The number of benzene rings is 1. The lowest BCUT2D eigenvalue weighted by molar-refractivity contribution is -0.120. The Kier molecular flexibility index (Phi) is 5.67. The minimum atomic E-state index is -3.70. The van der Waals surface area contributed by atoms with E-state index in [1.54, 1.807) is 19.1 Å². The van der Waals surface area contributed by atoms with Crippen molar-refractivity contribution >= 4 is 15.9 Å². The van der Waals surface area contributed by atoms with Gasteiger partial charge in [0.25, 0.3) is 0 Å². The monoisotopic (exact) mass is 299 g/mol. The third-order valence-corrected chi connectivity index (χ3v) is 4.20. The molecule has 0 heterocycles. The molecule has 0 saturated carbocycles. The van der Waals surface area contributed by atoms with Crippen LogP contribution in [0.2, 0.25) is 0 Å². The predicted molar refractivity (Wildman–Crippen MR) is 77.5 cm³/mol. The highest BCUT2D eigenvalue weighted by molar-refractivity contribution is 7.89. The van der Waals surface area contributed by atoms with Crippen LogP contribution in [0, 0.1) is 6.92 Å². The first-order chi connectivity index (χ1) is 9.26. The Labute approximate surface area is 119 Å². The number of hydrogen-bond acceptors (Lipinski definition) is 4. The van der Waals surface area contributed by atoms with E-state index in [2.05, 4.69) is 10.0 Å². The number of sulfonamides is 1. The van der Waals surface area contributed by atoms with Gasteiger partial charge in [0.1, 0.15) is 0 Å². The normalized spacial score (nSPS) is 11.7. The van der Waals surface area contributed by atoms with Crippen molar-refractivity contribution in [2.75, 3.05) is 6.54 Å². The second-order valence-corrected chi connectivity index (χ2v) is 6.59. The van der Waals surface area contributed by atoms with Crippen molar-refractivity contribution in [3.63, 3.8) is 0 Å². The molecule has 0 unspecified atom stereocenters. The Bertz CT molecular complexity index is 583. The zero-order chi connectivity index (χ0) is 15.3. The van der Waals surface area contributed by atoms with Crippen LogP contribution in [-0.2, 0) is 21.4 Å². The molecule has 6 nitrogen and oxygen atoms in total. The molecule has 0 aromatic heterocycles. The van der Waals surface area contributed by atoms with Crippen molar-refractivity contribution < 1.29 is 13.2 Å². The van der Waals surface area contributed by atoms with Crippen LogP contribution in [0.5, 0.6) is 0 Å². The van der Waals surface area contributed by atoms with Gasteiger partial charge in [-0.05, 0) is 38.0 Å². The lowest BCUT2D eigenvalue weighted by atomic mass is 10.1. The van der Waals surface area contributed by atoms with E-state index < -0.39 is 10.0 Å². The fraction of sp³-hybridized carbons (Fsp3) is 0.462. The van der Waals surface area contributed by atoms with E-state index in [4.69, 9.17) is 5.73 Å². The molecule has 1 amide bonds. The van der Waals surface area contributed by atoms with Gasteiger partial charge in [-0.2, -0.15) is 0 Å². The zero-order valence-corrected chi connectivity index (χ0v) is 12.8. The summed E-state index contributed by atoms with van der Waals surface area (Å²) in [5.74, 6) is -0.361. The molecule has 7 heteroatoms. The SMILES string of the molecule is Cc1cc(CN)ccc1S(=O)(=O)NCC(=O)NC(C)C. The molecular formula is C13H21N3O3S. The summed E-state index contributed by atoms with van der Waals surface area (Å²) >= 11 is 0. The third-order valence-electron chi connectivity index (χ3n) is 2.64. The molecule has 1 aromatic carbocycles. The van der Waals surface area contributed by atoms with Gasteiger partial charge in [-0.15, -0.1) is 0 Å². The number of rotatable bonds is 6.